The van der Waals surface area contributed by atoms with Gasteiger partial charge in [-0.15, -0.1) is 0 Å². The van der Waals surface area contributed by atoms with Gasteiger partial charge in [-0.05, 0) is 46.1 Å². The number of rotatable bonds is 9. The average Bonchev–Trinajstić information content (AvgIpc) is 2.57. The summed E-state index contributed by atoms with van der Waals surface area (Å²) < 4.78 is 17.4. The third-order valence-electron chi connectivity index (χ3n) is 3.57. The fourth-order valence-corrected chi connectivity index (χ4v) is 2.98. The number of aryl methyl sites for hydroxylation is 1. The molecule has 0 aliphatic heterocycles. The third kappa shape index (κ3) is 5.51. The molecule has 2 aromatic rings. The highest BCUT2D eigenvalue weighted by atomic mass is 79.9. The third-order valence-corrected chi connectivity index (χ3v) is 4.16. The Kier molecular flexibility index (Phi) is 7.56. The van der Waals surface area contributed by atoms with Crippen LogP contribution in [0.15, 0.2) is 40.9 Å². The highest BCUT2D eigenvalue weighted by Gasteiger charge is 2.12. The van der Waals surface area contributed by atoms with Gasteiger partial charge in [-0.2, -0.15) is 0 Å². The molecule has 24 heavy (non-hydrogen) atoms. The number of benzene rings is 2. The number of halogens is 1. The van der Waals surface area contributed by atoms with E-state index in [2.05, 4.69) is 46.4 Å². The van der Waals surface area contributed by atoms with Crippen LogP contribution in [0, 0.1) is 6.92 Å². The molecule has 0 fully saturated rings. The number of nitrogens with one attached hydrogen (secondary N) is 1. The number of hydrogen-bond acceptors (Lipinski definition) is 4. The quantitative estimate of drug-likeness (QED) is 0.651. The Hall–Kier alpha value is -1.56. The lowest BCUT2D eigenvalue weighted by Crippen LogP contribution is -2.18. The van der Waals surface area contributed by atoms with Gasteiger partial charge < -0.3 is 19.5 Å². The summed E-state index contributed by atoms with van der Waals surface area (Å²) >= 11 is 3.59. The summed E-state index contributed by atoms with van der Waals surface area (Å²) in [6.45, 7) is 4.82. The van der Waals surface area contributed by atoms with Crippen molar-refractivity contribution < 1.29 is 14.2 Å². The largest absolute Gasteiger partial charge is 0.493 e. The van der Waals surface area contributed by atoms with E-state index in [1.54, 1.807) is 14.2 Å². The minimum absolute atomic E-state index is 0.502. The molecular weight excluding hydrogens is 370 g/mol. The van der Waals surface area contributed by atoms with Gasteiger partial charge >= 0.3 is 0 Å². The maximum absolute atomic E-state index is 5.99. The summed E-state index contributed by atoms with van der Waals surface area (Å²) in [5.74, 6) is 1.44. The Labute approximate surface area is 152 Å². The van der Waals surface area contributed by atoms with Crippen molar-refractivity contribution in [2.75, 3.05) is 27.4 Å². The summed E-state index contributed by atoms with van der Waals surface area (Å²) in [6.07, 6.45) is 0. The van der Waals surface area contributed by atoms with Crippen molar-refractivity contribution in [2.24, 2.45) is 0 Å². The Balaban J connectivity index is 2.06. The molecule has 1 N–H and O–H groups in total. The summed E-state index contributed by atoms with van der Waals surface area (Å²) in [5.41, 5.74) is 3.48. The predicted molar refractivity (Wildman–Crippen MR) is 99.8 cm³/mol. The van der Waals surface area contributed by atoms with E-state index in [0.717, 1.165) is 40.2 Å². The van der Waals surface area contributed by atoms with Crippen molar-refractivity contribution in [3.63, 3.8) is 0 Å². The number of methoxy groups -OCH3 is 2. The molecule has 0 aromatic heterocycles. The first-order valence-corrected chi connectivity index (χ1v) is 8.67. The number of ether oxygens (including phenoxy) is 3. The fraction of sp³-hybridized carbons (Fsp3) is 0.368. The van der Waals surface area contributed by atoms with Crippen LogP contribution in [0.1, 0.15) is 16.7 Å². The summed E-state index contributed by atoms with van der Waals surface area (Å²) in [5, 5.41) is 3.32. The maximum atomic E-state index is 5.99. The second-order valence-electron chi connectivity index (χ2n) is 5.56. The second-order valence-corrected chi connectivity index (χ2v) is 6.41. The molecule has 130 valence electrons. The monoisotopic (exact) mass is 393 g/mol. The SMILES string of the molecule is COCCNCc1cc(Br)c(OCc2cccc(C)c2)c(OC)c1. The van der Waals surface area contributed by atoms with Gasteiger partial charge in [0.1, 0.15) is 6.61 Å². The van der Waals surface area contributed by atoms with Gasteiger partial charge in [-0.1, -0.05) is 29.8 Å². The van der Waals surface area contributed by atoms with Crippen molar-refractivity contribution >= 4 is 15.9 Å². The number of hydrogen-bond donors (Lipinski definition) is 1. The minimum atomic E-state index is 0.502. The van der Waals surface area contributed by atoms with Crippen LogP contribution in [-0.2, 0) is 17.9 Å². The van der Waals surface area contributed by atoms with E-state index in [-0.39, 0.29) is 0 Å². The molecule has 0 amide bonds. The van der Waals surface area contributed by atoms with Crippen LogP contribution in [0.2, 0.25) is 0 Å². The van der Waals surface area contributed by atoms with Crippen LogP contribution in [0.4, 0.5) is 0 Å². The molecule has 0 aliphatic rings. The molecule has 2 rings (SSSR count). The van der Waals surface area contributed by atoms with Gasteiger partial charge in [0.15, 0.2) is 11.5 Å². The molecule has 0 saturated heterocycles. The first kappa shape index (κ1) is 18.8. The Morgan fingerprint density at radius 2 is 1.92 bits per heavy atom. The van der Waals surface area contributed by atoms with Crippen molar-refractivity contribution in [1.82, 2.24) is 5.32 Å². The Morgan fingerprint density at radius 1 is 1.08 bits per heavy atom. The summed E-state index contributed by atoms with van der Waals surface area (Å²) in [4.78, 5) is 0. The fourth-order valence-electron chi connectivity index (χ4n) is 2.38. The topological polar surface area (TPSA) is 39.7 Å². The maximum Gasteiger partial charge on any atom is 0.175 e. The highest BCUT2D eigenvalue weighted by Crippen LogP contribution is 2.37. The highest BCUT2D eigenvalue weighted by molar-refractivity contribution is 9.10. The summed E-state index contributed by atoms with van der Waals surface area (Å²) in [6, 6.07) is 12.3. The van der Waals surface area contributed by atoms with Crippen LogP contribution >= 0.6 is 15.9 Å². The van der Waals surface area contributed by atoms with Crippen molar-refractivity contribution in [3.8, 4) is 11.5 Å². The predicted octanol–water partition coefficient (Wildman–Crippen LogP) is 4.08. The van der Waals surface area contributed by atoms with E-state index in [4.69, 9.17) is 14.2 Å². The molecule has 2 aromatic carbocycles. The molecule has 0 unspecified atom stereocenters. The standard InChI is InChI=1S/C19H24BrNO3/c1-14-5-4-6-15(9-14)13-24-19-17(20)10-16(11-18(19)23-3)12-21-7-8-22-2/h4-6,9-11,21H,7-8,12-13H2,1-3H3. The van der Waals surface area contributed by atoms with Crippen LogP contribution < -0.4 is 14.8 Å². The lowest BCUT2D eigenvalue weighted by Gasteiger charge is -2.15. The molecule has 0 saturated carbocycles. The van der Waals surface area contributed by atoms with E-state index in [1.165, 1.54) is 5.56 Å². The van der Waals surface area contributed by atoms with Crippen molar-refractivity contribution in [3.05, 3.63) is 57.6 Å². The second kappa shape index (κ2) is 9.67. The van der Waals surface area contributed by atoms with E-state index < -0.39 is 0 Å². The van der Waals surface area contributed by atoms with Crippen molar-refractivity contribution in [1.29, 1.82) is 0 Å². The molecule has 0 spiro atoms. The zero-order valence-corrected chi connectivity index (χ0v) is 16.0. The average molecular weight is 394 g/mol. The molecular formula is C19H24BrNO3. The Morgan fingerprint density at radius 3 is 2.62 bits per heavy atom. The van der Waals surface area contributed by atoms with E-state index >= 15 is 0 Å². The molecule has 4 nitrogen and oxygen atoms in total. The smallest absolute Gasteiger partial charge is 0.175 e. The van der Waals surface area contributed by atoms with Gasteiger partial charge in [-0.3, -0.25) is 0 Å². The molecule has 0 heterocycles. The minimum Gasteiger partial charge on any atom is -0.493 e. The van der Waals surface area contributed by atoms with Crippen LogP contribution in [0.3, 0.4) is 0 Å². The van der Waals surface area contributed by atoms with Gasteiger partial charge in [0, 0.05) is 20.2 Å². The van der Waals surface area contributed by atoms with Gasteiger partial charge in [-0.25, -0.2) is 0 Å². The molecule has 0 atom stereocenters. The molecule has 0 bridgehead atoms. The van der Waals surface area contributed by atoms with E-state index in [0.29, 0.717) is 13.2 Å². The summed E-state index contributed by atoms with van der Waals surface area (Å²) in [7, 11) is 3.35. The van der Waals surface area contributed by atoms with Crippen LogP contribution in [0.25, 0.3) is 0 Å². The van der Waals surface area contributed by atoms with Gasteiger partial charge in [0.05, 0.1) is 18.2 Å². The van der Waals surface area contributed by atoms with E-state index in [9.17, 15) is 0 Å². The van der Waals surface area contributed by atoms with Crippen LogP contribution in [-0.4, -0.2) is 27.4 Å². The van der Waals surface area contributed by atoms with Crippen molar-refractivity contribution in [2.45, 2.75) is 20.1 Å². The molecule has 0 radical (unpaired) electrons. The first-order valence-electron chi connectivity index (χ1n) is 7.88. The zero-order valence-electron chi connectivity index (χ0n) is 14.4. The lowest BCUT2D eigenvalue weighted by atomic mass is 10.1. The Bertz CT molecular complexity index is 661. The first-order chi connectivity index (χ1) is 11.6. The normalized spacial score (nSPS) is 10.7. The van der Waals surface area contributed by atoms with Gasteiger partial charge in [0.2, 0.25) is 0 Å². The zero-order chi connectivity index (χ0) is 17.4. The molecule has 5 heteroatoms. The van der Waals surface area contributed by atoms with Crippen LogP contribution in [0.5, 0.6) is 11.5 Å². The van der Waals surface area contributed by atoms with Gasteiger partial charge in [0.25, 0.3) is 0 Å². The molecule has 0 aliphatic carbocycles. The van der Waals surface area contributed by atoms with E-state index in [1.807, 2.05) is 18.2 Å². The lowest BCUT2D eigenvalue weighted by molar-refractivity contribution is 0.199.